The quantitative estimate of drug-likeness (QED) is 0.861. The Hall–Kier alpha value is -1.59. The summed E-state index contributed by atoms with van der Waals surface area (Å²) in [5.74, 6) is 0. The highest BCUT2D eigenvalue weighted by Crippen LogP contribution is 2.37. The number of likely N-dealkylation sites (tertiary alicyclic amines) is 1. The second-order valence-electron chi connectivity index (χ2n) is 9.09. The van der Waals surface area contributed by atoms with Crippen molar-refractivity contribution in [2.45, 2.75) is 70.6 Å². The third-order valence-electron chi connectivity index (χ3n) is 6.24. The molecule has 0 spiro atoms. The maximum atomic E-state index is 13.4. The molecule has 1 unspecified atom stereocenters. The molecule has 2 atom stereocenters. The summed E-state index contributed by atoms with van der Waals surface area (Å²) in [6.45, 7) is 12.3. The zero-order valence-electron chi connectivity index (χ0n) is 17.4. The first-order chi connectivity index (χ1) is 12.8. The van der Waals surface area contributed by atoms with Crippen molar-refractivity contribution in [2.75, 3.05) is 26.2 Å². The Bertz CT molecular complexity index is 619. The first-order valence-electron chi connectivity index (χ1n) is 10.4. The van der Waals surface area contributed by atoms with Crippen LogP contribution in [0.5, 0.6) is 0 Å². The highest BCUT2D eigenvalue weighted by atomic mass is 16.2. The summed E-state index contributed by atoms with van der Waals surface area (Å²) in [7, 11) is 0. The predicted octanol–water partition coefficient (Wildman–Crippen LogP) is 3.47. The molecule has 5 nitrogen and oxygen atoms in total. The average Bonchev–Trinajstić information content (AvgIpc) is 3.00. The van der Waals surface area contributed by atoms with Gasteiger partial charge in [0.05, 0.1) is 6.04 Å². The van der Waals surface area contributed by atoms with Crippen molar-refractivity contribution in [2.24, 2.45) is 5.73 Å². The Morgan fingerprint density at radius 2 is 1.78 bits per heavy atom. The minimum atomic E-state index is -0.158. The first kappa shape index (κ1) is 20.2. The molecule has 150 valence electrons. The van der Waals surface area contributed by atoms with Gasteiger partial charge in [0.1, 0.15) is 0 Å². The molecule has 0 saturated carbocycles. The van der Waals surface area contributed by atoms with Crippen molar-refractivity contribution in [3.05, 3.63) is 35.9 Å². The molecule has 2 N–H and O–H groups in total. The molecule has 0 aromatic heterocycles. The third kappa shape index (κ3) is 4.30. The van der Waals surface area contributed by atoms with E-state index in [-0.39, 0.29) is 17.6 Å². The molecule has 27 heavy (non-hydrogen) atoms. The number of urea groups is 1. The van der Waals surface area contributed by atoms with Gasteiger partial charge in [-0.2, -0.15) is 0 Å². The fraction of sp³-hybridized carbons (Fsp3) is 0.682. The molecule has 2 fully saturated rings. The van der Waals surface area contributed by atoms with E-state index in [0.29, 0.717) is 12.1 Å². The smallest absolute Gasteiger partial charge is 0.321 e. The zero-order chi connectivity index (χ0) is 19.6. The number of hydrogen-bond donors (Lipinski definition) is 1. The van der Waals surface area contributed by atoms with Gasteiger partial charge in [-0.15, -0.1) is 0 Å². The lowest BCUT2D eigenvalue weighted by molar-refractivity contribution is 0.0898. The Labute approximate surface area is 164 Å². The number of piperidine rings is 1. The second-order valence-corrected chi connectivity index (χ2v) is 9.09. The van der Waals surface area contributed by atoms with Crippen LogP contribution in [0, 0.1) is 0 Å². The number of amides is 2. The standard InChI is InChI=1S/C22H36N4O/c1-17(10-13-23)24-14-11-19(12-15-24)26-20(18-8-6-5-7-9-18)16-25(21(26)27)22(2,3)4/h5-9,17,19-20H,10-16,23H2,1-4H3/t17?,20-/m0/s1. The number of carbonyl (C=O) groups is 1. The third-order valence-corrected chi connectivity index (χ3v) is 6.24. The zero-order valence-corrected chi connectivity index (χ0v) is 17.4. The molecule has 3 rings (SSSR count). The molecule has 2 aliphatic rings. The van der Waals surface area contributed by atoms with Crippen molar-refractivity contribution in [1.82, 2.24) is 14.7 Å². The van der Waals surface area contributed by atoms with E-state index >= 15 is 0 Å². The van der Waals surface area contributed by atoms with Crippen LogP contribution < -0.4 is 5.73 Å². The molecule has 5 heteroatoms. The number of nitrogens with two attached hydrogens (primary N) is 1. The van der Waals surface area contributed by atoms with Gasteiger partial charge in [-0.3, -0.25) is 0 Å². The number of benzene rings is 1. The second kappa shape index (κ2) is 8.19. The minimum absolute atomic E-state index is 0.149. The summed E-state index contributed by atoms with van der Waals surface area (Å²) in [5.41, 5.74) is 6.82. The van der Waals surface area contributed by atoms with Gasteiger partial charge in [-0.1, -0.05) is 30.3 Å². The molecular weight excluding hydrogens is 336 g/mol. The van der Waals surface area contributed by atoms with E-state index < -0.39 is 0 Å². The average molecular weight is 373 g/mol. The van der Waals surface area contributed by atoms with Crippen LogP contribution in [0.4, 0.5) is 4.79 Å². The van der Waals surface area contributed by atoms with E-state index in [1.165, 1.54) is 5.56 Å². The van der Waals surface area contributed by atoms with Crippen LogP contribution >= 0.6 is 0 Å². The molecule has 1 aromatic carbocycles. The monoisotopic (exact) mass is 372 g/mol. The molecular formula is C22H36N4O. The van der Waals surface area contributed by atoms with Crippen molar-refractivity contribution in [1.29, 1.82) is 0 Å². The molecule has 0 bridgehead atoms. The van der Waals surface area contributed by atoms with Gasteiger partial charge in [0.15, 0.2) is 0 Å². The van der Waals surface area contributed by atoms with Gasteiger partial charge < -0.3 is 20.4 Å². The van der Waals surface area contributed by atoms with E-state index in [1.807, 2.05) is 11.0 Å². The Morgan fingerprint density at radius 1 is 1.15 bits per heavy atom. The SMILES string of the molecule is CC(CCN)N1CCC(N2C(=O)N(C(C)(C)C)C[C@H]2c2ccccc2)CC1. The van der Waals surface area contributed by atoms with Crippen molar-refractivity contribution in [3.8, 4) is 0 Å². The predicted molar refractivity (Wildman–Crippen MR) is 111 cm³/mol. The molecule has 0 aliphatic carbocycles. The maximum Gasteiger partial charge on any atom is 0.321 e. The molecule has 2 saturated heterocycles. The Kier molecular flexibility index (Phi) is 6.11. The van der Waals surface area contributed by atoms with Crippen molar-refractivity contribution >= 4 is 6.03 Å². The minimum Gasteiger partial charge on any atom is -0.330 e. The van der Waals surface area contributed by atoms with Crippen LogP contribution in [0.2, 0.25) is 0 Å². The lowest BCUT2D eigenvalue weighted by Gasteiger charge is -2.41. The van der Waals surface area contributed by atoms with Crippen molar-refractivity contribution in [3.63, 3.8) is 0 Å². The summed E-state index contributed by atoms with van der Waals surface area (Å²) in [5, 5.41) is 0. The molecule has 2 aliphatic heterocycles. The number of rotatable bonds is 5. The normalized spacial score (nSPS) is 23.9. The summed E-state index contributed by atoms with van der Waals surface area (Å²) in [6, 6.07) is 11.7. The largest absolute Gasteiger partial charge is 0.330 e. The molecule has 2 amide bonds. The fourth-order valence-electron chi connectivity index (χ4n) is 4.55. The van der Waals surface area contributed by atoms with Gasteiger partial charge >= 0.3 is 6.03 Å². The van der Waals surface area contributed by atoms with Crippen LogP contribution in [-0.2, 0) is 0 Å². The van der Waals surface area contributed by atoms with Crippen LogP contribution in [-0.4, -0.2) is 64.5 Å². The maximum absolute atomic E-state index is 13.4. The van der Waals surface area contributed by atoms with Crippen molar-refractivity contribution < 1.29 is 4.79 Å². The highest BCUT2D eigenvalue weighted by Gasteiger charge is 2.46. The lowest BCUT2D eigenvalue weighted by Crippen LogP contribution is -2.51. The number of carbonyl (C=O) groups excluding carboxylic acids is 1. The van der Waals surface area contributed by atoms with Crippen LogP contribution in [0.25, 0.3) is 0 Å². The molecule has 2 heterocycles. The summed E-state index contributed by atoms with van der Waals surface area (Å²) < 4.78 is 0. The summed E-state index contributed by atoms with van der Waals surface area (Å²) in [4.78, 5) is 20.1. The Morgan fingerprint density at radius 3 is 2.33 bits per heavy atom. The van der Waals surface area contributed by atoms with E-state index in [1.54, 1.807) is 0 Å². The first-order valence-corrected chi connectivity index (χ1v) is 10.4. The van der Waals surface area contributed by atoms with E-state index in [4.69, 9.17) is 5.73 Å². The van der Waals surface area contributed by atoms with Crippen LogP contribution in [0.1, 0.15) is 58.6 Å². The number of nitrogens with zero attached hydrogens (tertiary/aromatic N) is 3. The highest BCUT2D eigenvalue weighted by molar-refractivity contribution is 5.78. The van der Waals surface area contributed by atoms with Gasteiger partial charge in [0.2, 0.25) is 0 Å². The van der Waals surface area contributed by atoms with Gasteiger partial charge in [0.25, 0.3) is 0 Å². The van der Waals surface area contributed by atoms with Gasteiger partial charge in [-0.25, -0.2) is 4.79 Å². The van der Waals surface area contributed by atoms with E-state index in [0.717, 1.165) is 45.4 Å². The van der Waals surface area contributed by atoms with Gasteiger partial charge in [-0.05, 0) is 59.1 Å². The summed E-state index contributed by atoms with van der Waals surface area (Å²) in [6.07, 6.45) is 3.13. The van der Waals surface area contributed by atoms with E-state index in [2.05, 4.69) is 61.8 Å². The Balaban J connectivity index is 1.78. The van der Waals surface area contributed by atoms with Crippen LogP contribution in [0.3, 0.4) is 0 Å². The van der Waals surface area contributed by atoms with Crippen LogP contribution in [0.15, 0.2) is 30.3 Å². The topological polar surface area (TPSA) is 52.8 Å². The number of hydrogen-bond acceptors (Lipinski definition) is 3. The summed E-state index contributed by atoms with van der Waals surface area (Å²) >= 11 is 0. The fourth-order valence-corrected chi connectivity index (χ4v) is 4.55. The van der Waals surface area contributed by atoms with E-state index in [9.17, 15) is 4.79 Å². The van der Waals surface area contributed by atoms with Gasteiger partial charge in [0, 0.05) is 37.3 Å². The molecule has 1 aromatic rings. The molecule has 0 radical (unpaired) electrons. The lowest BCUT2D eigenvalue weighted by atomic mass is 9.98.